The number of carbonyl (C=O) groups excluding carboxylic acids is 3. The summed E-state index contributed by atoms with van der Waals surface area (Å²) in [6, 6.07) is 20.2. The smallest absolute Gasteiger partial charge is 0.334 e. The molecule has 0 spiro atoms. The number of aromatic amines is 1. The zero-order valence-electron chi connectivity index (χ0n) is 24.5. The number of hydrazine groups is 1. The summed E-state index contributed by atoms with van der Waals surface area (Å²) in [4.78, 5) is 57.6. The number of imidazole rings is 1. The van der Waals surface area contributed by atoms with Crippen LogP contribution in [0.3, 0.4) is 0 Å². The second-order valence-electron chi connectivity index (χ2n) is 11.2. The average molecular weight is 637 g/mol. The lowest BCUT2D eigenvalue weighted by molar-refractivity contribution is -0.189. The lowest BCUT2D eigenvalue weighted by Crippen LogP contribution is -2.76. The summed E-state index contributed by atoms with van der Waals surface area (Å²) in [5, 5.41) is 6.34. The number of rotatable bonds is 8. The van der Waals surface area contributed by atoms with Crippen LogP contribution in [-0.2, 0) is 29.1 Å². The Balaban J connectivity index is 0.00000372. The van der Waals surface area contributed by atoms with E-state index >= 15 is 0 Å². The highest BCUT2D eigenvalue weighted by atomic mass is 32.1. The number of H-pyrrole nitrogens is 1. The normalized spacial score (nSPS) is 18.5. The van der Waals surface area contributed by atoms with Gasteiger partial charge in [-0.25, -0.2) is 24.8 Å². The number of thiazole rings is 1. The van der Waals surface area contributed by atoms with E-state index in [4.69, 9.17) is 0 Å². The minimum absolute atomic E-state index is 0. The van der Waals surface area contributed by atoms with Crippen molar-refractivity contribution in [2.45, 2.75) is 39.1 Å². The summed E-state index contributed by atoms with van der Waals surface area (Å²) in [5.41, 5.74) is 7.07. The van der Waals surface area contributed by atoms with E-state index < -0.39 is 12.2 Å². The van der Waals surface area contributed by atoms with Crippen LogP contribution in [0.4, 0.5) is 4.79 Å². The van der Waals surface area contributed by atoms with Crippen LogP contribution in [0, 0.1) is 0 Å². The van der Waals surface area contributed by atoms with Gasteiger partial charge in [0, 0.05) is 26.1 Å². The SMILES string of the molecule is C.C=CCN1CC(=O)N2[C@@H](Cc3ccc4nc[nH]c4c3)C(=O)N(Cc3cccc4scnc34)C[C@@H]2N1C(=O)NCc1ccccc1. The molecule has 11 nitrogen and oxygen atoms in total. The van der Waals surface area contributed by atoms with Gasteiger partial charge >= 0.3 is 6.03 Å². The van der Waals surface area contributed by atoms with E-state index in [1.807, 2.05) is 66.7 Å². The maximum absolute atomic E-state index is 14.4. The predicted octanol–water partition coefficient (Wildman–Crippen LogP) is 4.55. The number of urea groups is 1. The van der Waals surface area contributed by atoms with Crippen LogP contribution in [0.2, 0.25) is 0 Å². The van der Waals surface area contributed by atoms with E-state index in [1.54, 1.807) is 49.1 Å². The molecule has 0 aliphatic carbocycles. The van der Waals surface area contributed by atoms with Gasteiger partial charge in [0.25, 0.3) is 0 Å². The third-order valence-electron chi connectivity index (χ3n) is 8.38. The van der Waals surface area contributed by atoms with Gasteiger partial charge in [-0.1, -0.05) is 62.0 Å². The fourth-order valence-corrected chi connectivity index (χ4v) is 7.03. The molecule has 236 valence electrons. The molecule has 12 heteroatoms. The Morgan fingerprint density at radius 1 is 1.07 bits per heavy atom. The summed E-state index contributed by atoms with van der Waals surface area (Å²) in [5.74, 6) is -0.380. The largest absolute Gasteiger partial charge is 0.345 e. The molecular formula is C34H36N8O3S. The van der Waals surface area contributed by atoms with E-state index in [1.165, 1.54) is 0 Å². The van der Waals surface area contributed by atoms with E-state index in [9.17, 15) is 14.4 Å². The van der Waals surface area contributed by atoms with E-state index in [-0.39, 0.29) is 44.8 Å². The number of para-hydroxylation sites is 1. The molecule has 0 unspecified atom stereocenters. The molecule has 2 aliphatic rings. The lowest BCUT2D eigenvalue weighted by Gasteiger charge is -2.55. The Kier molecular flexibility index (Phi) is 8.82. The van der Waals surface area contributed by atoms with E-state index in [0.29, 0.717) is 19.6 Å². The molecule has 2 aromatic heterocycles. The van der Waals surface area contributed by atoms with Crippen molar-refractivity contribution in [3.05, 3.63) is 108 Å². The number of nitrogens with zero attached hydrogens (tertiary/aromatic N) is 6. The van der Waals surface area contributed by atoms with Gasteiger partial charge < -0.3 is 20.1 Å². The molecule has 0 saturated carbocycles. The summed E-state index contributed by atoms with van der Waals surface area (Å²) in [6.45, 7) is 4.87. The maximum atomic E-state index is 14.4. The number of fused-ring (bicyclic) bond motifs is 3. The zero-order chi connectivity index (χ0) is 30.9. The monoisotopic (exact) mass is 636 g/mol. The number of benzene rings is 3. The van der Waals surface area contributed by atoms with Crippen LogP contribution in [-0.4, -0.2) is 84.5 Å². The topological polar surface area (TPSA) is 118 Å². The van der Waals surface area contributed by atoms with Crippen LogP contribution in [0.15, 0.2) is 91.2 Å². The van der Waals surface area contributed by atoms with Gasteiger partial charge in [-0.15, -0.1) is 17.9 Å². The molecular weight excluding hydrogens is 600 g/mol. The molecule has 7 rings (SSSR count). The highest BCUT2D eigenvalue weighted by molar-refractivity contribution is 7.16. The third-order valence-corrected chi connectivity index (χ3v) is 9.18. The summed E-state index contributed by atoms with van der Waals surface area (Å²) in [6.07, 6.45) is 2.86. The maximum Gasteiger partial charge on any atom is 0.334 e. The first-order valence-electron chi connectivity index (χ1n) is 14.8. The molecule has 2 N–H and O–H groups in total. The summed E-state index contributed by atoms with van der Waals surface area (Å²) in [7, 11) is 0. The van der Waals surface area contributed by atoms with Crippen LogP contribution in [0.5, 0.6) is 0 Å². The molecule has 46 heavy (non-hydrogen) atoms. The Hall–Kier alpha value is -5.07. The van der Waals surface area contributed by atoms with Crippen molar-refractivity contribution in [1.82, 2.24) is 40.1 Å². The van der Waals surface area contributed by atoms with Crippen molar-refractivity contribution in [2.75, 3.05) is 19.6 Å². The molecule has 2 saturated heterocycles. The van der Waals surface area contributed by atoms with Gasteiger partial charge in [0.2, 0.25) is 11.8 Å². The molecule has 2 fully saturated rings. The third kappa shape index (κ3) is 5.84. The summed E-state index contributed by atoms with van der Waals surface area (Å²) < 4.78 is 1.04. The number of amides is 4. The quantitative estimate of drug-likeness (QED) is 0.242. The number of piperazine rings is 1. The highest BCUT2D eigenvalue weighted by Gasteiger charge is 2.51. The van der Waals surface area contributed by atoms with Crippen LogP contribution in [0.1, 0.15) is 24.1 Å². The van der Waals surface area contributed by atoms with Crippen molar-refractivity contribution in [3.63, 3.8) is 0 Å². The van der Waals surface area contributed by atoms with Gasteiger partial charge in [-0.3, -0.25) is 9.59 Å². The minimum atomic E-state index is -0.818. The molecule has 2 atom stereocenters. The van der Waals surface area contributed by atoms with E-state index in [0.717, 1.165) is 37.9 Å². The number of aromatic nitrogens is 3. The number of carbonyl (C=O) groups is 3. The fourth-order valence-electron chi connectivity index (χ4n) is 6.31. The highest BCUT2D eigenvalue weighted by Crippen LogP contribution is 2.31. The van der Waals surface area contributed by atoms with Crippen LogP contribution in [0.25, 0.3) is 21.3 Å². The van der Waals surface area contributed by atoms with Crippen molar-refractivity contribution in [2.24, 2.45) is 0 Å². The Morgan fingerprint density at radius 2 is 1.91 bits per heavy atom. The Labute approximate surface area is 271 Å². The minimum Gasteiger partial charge on any atom is -0.345 e. The predicted molar refractivity (Wildman–Crippen MR) is 178 cm³/mol. The van der Waals surface area contributed by atoms with Crippen molar-refractivity contribution >= 4 is 50.4 Å². The first kappa shape index (κ1) is 30.9. The number of nitrogens with one attached hydrogen (secondary N) is 2. The Bertz CT molecular complexity index is 1890. The van der Waals surface area contributed by atoms with E-state index in [2.05, 4.69) is 26.8 Å². The van der Waals surface area contributed by atoms with Crippen LogP contribution >= 0.6 is 11.3 Å². The molecule has 0 radical (unpaired) electrons. The van der Waals surface area contributed by atoms with Crippen LogP contribution < -0.4 is 5.32 Å². The number of hydrogen-bond acceptors (Lipinski definition) is 7. The second kappa shape index (κ2) is 13.1. The standard InChI is InChI=1S/C33H32N8O3S.CH4/c1-2-13-39-19-30(42)40-27(15-23-11-12-25-26(14-23)36-20-35-25)32(43)38(17-24-9-6-10-28-31(24)37-21-45-28)18-29(40)41(39)33(44)34-16-22-7-4-3-5-8-22;/h2-12,14,20-21,27,29H,1,13,15-19H2,(H,34,44)(H,35,36);1H4/t27-,29-;/m0./s1. The first-order valence-corrected chi connectivity index (χ1v) is 15.7. The van der Waals surface area contributed by atoms with Crippen molar-refractivity contribution in [1.29, 1.82) is 0 Å². The fraction of sp³-hybridized carbons (Fsp3) is 0.265. The van der Waals surface area contributed by atoms with Crippen molar-refractivity contribution < 1.29 is 14.4 Å². The number of hydrogen-bond donors (Lipinski definition) is 2. The van der Waals surface area contributed by atoms with Gasteiger partial charge in [-0.2, -0.15) is 0 Å². The molecule has 4 heterocycles. The molecule has 3 aromatic carbocycles. The molecule has 2 aliphatic heterocycles. The van der Waals surface area contributed by atoms with Gasteiger partial charge in [0.05, 0.1) is 46.2 Å². The zero-order valence-corrected chi connectivity index (χ0v) is 25.3. The first-order chi connectivity index (χ1) is 22.0. The van der Waals surface area contributed by atoms with Gasteiger partial charge in [-0.05, 0) is 34.9 Å². The molecule has 5 aromatic rings. The van der Waals surface area contributed by atoms with Gasteiger partial charge in [0.1, 0.15) is 12.2 Å². The molecule has 0 bridgehead atoms. The average Bonchev–Trinajstić information content (AvgIpc) is 3.73. The lowest BCUT2D eigenvalue weighted by atomic mass is 9.98. The summed E-state index contributed by atoms with van der Waals surface area (Å²) >= 11 is 1.55. The Morgan fingerprint density at radius 3 is 2.74 bits per heavy atom. The second-order valence-corrected chi connectivity index (χ2v) is 12.1. The van der Waals surface area contributed by atoms with Crippen molar-refractivity contribution in [3.8, 4) is 0 Å². The molecule has 4 amide bonds. The van der Waals surface area contributed by atoms with Gasteiger partial charge in [0.15, 0.2) is 0 Å².